The lowest BCUT2D eigenvalue weighted by Crippen LogP contribution is -2.53. The van der Waals surface area contributed by atoms with E-state index in [1.54, 1.807) is 0 Å². The number of hydrogen-bond acceptors (Lipinski definition) is 6. The first-order valence-electron chi connectivity index (χ1n) is 5.48. The Labute approximate surface area is 117 Å². The van der Waals surface area contributed by atoms with E-state index in [0.717, 1.165) is 6.07 Å². The van der Waals surface area contributed by atoms with Gasteiger partial charge in [0.25, 0.3) is 0 Å². The molecular weight excluding hydrogens is 309 g/mol. The molecule has 11 heteroatoms. The highest BCUT2D eigenvalue weighted by Crippen LogP contribution is 2.23. The Kier molecular flexibility index (Phi) is 3.70. The molecule has 1 aromatic rings. The molecule has 1 N–H and O–H groups in total. The molecule has 0 aliphatic carbocycles. The zero-order chi connectivity index (χ0) is 15.8. The lowest BCUT2D eigenvalue weighted by Gasteiger charge is -2.24. The van der Waals surface area contributed by atoms with Crippen molar-refractivity contribution in [1.82, 2.24) is 9.62 Å². The maximum Gasteiger partial charge on any atom is 0.304 e. The monoisotopic (exact) mass is 317 g/mol. The topological polar surface area (TPSA) is 127 Å². The van der Waals surface area contributed by atoms with E-state index >= 15 is 0 Å². The van der Waals surface area contributed by atoms with Crippen LogP contribution in [-0.4, -0.2) is 42.6 Å². The fourth-order valence-electron chi connectivity index (χ4n) is 1.73. The van der Waals surface area contributed by atoms with Gasteiger partial charge >= 0.3 is 5.69 Å². The molecule has 0 atom stereocenters. The van der Waals surface area contributed by atoms with Crippen molar-refractivity contribution in [2.75, 3.05) is 13.1 Å². The quantitative estimate of drug-likeness (QED) is 0.450. The molecule has 1 saturated heterocycles. The molecule has 0 aromatic heterocycles. The van der Waals surface area contributed by atoms with Gasteiger partial charge in [-0.1, -0.05) is 0 Å². The van der Waals surface area contributed by atoms with Crippen molar-refractivity contribution >= 4 is 27.5 Å². The molecule has 1 aliphatic rings. The molecular formula is C10H8FN3O6S. The van der Waals surface area contributed by atoms with E-state index in [9.17, 15) is 32.5 Å². The van der Waals surface area contributed by atoms with Crippen LogP contribution in [0.5, 0.6) is 0 Å². The van der Waals surface area contributed by atoms with Gasteiger partial charge in [0.1, 0.15) is 0 Å². The number of carbonyl (C=O) groups is 2. The highest BCUT2D eigenvalue weighted by molar-refractivity contribution is 7.89. The van der Waals surface area contributed by atoms with Crippen LogP contribution >= 0.6 is 0 Å². The summed E-state index contributed by atoms with van der Waals surface area (Å²) in [4.78, 5) is 31.2. The van der Waals surface area contributed by atoms with Gasteiger partial charge in [-0.15, -0.1) is 0 Å². The number of carbonyl (C=O) groups excluding carboxylic acids is 2. The highest BCUT2D eigenvalue weighted by Gasteiger charge is 2.33. The van der Waals surface area contributed by atoms with Gasteiger partial charge in [0.2, 0.25) is 27.7 Å². The van der Waals surface area contributed by atoms with Gasteiger partial charge in [-0.05, 0) is 6.07 Å². The molecule has 21 heavy (non-hydrogen) atoms. The molecule has 1 fully saturated rings. The highest BCUT2D eigenvalue weighted by atomic mass is 32.2. The average Bonchev–Trinajstić information content (AvgIpc) is 2.36. The zero-order valence-corrected chi connectivity index (χ0v) is 11.1. The van der Waals surface area contributed by atoms with Crippen molar-refractivity contribution < 1.29 is 27.3 Å². The lowest BCUT2D eigenvalue weighted by molar-refractivity contribution is -0.387. The Morgan fingerprint density at radius 3 is 2.29 bits per heavy atom. The minimum absolute atomic E-state index is 0.477. The van der Waals surface area contributed by atoms with Crippen LogP contribution < -0.4 is 5.32 Å². The van der Waals surface area contributed by atoms with Crippen LogP contribution in [0, 0.1) is 15.9 Å². The van der Waals surface area contributed by atoms with Gasteiger partial charge in [-0.2, -0.15) is 8.70 Å². The van der Waals surface area contributed by atoms with Gasteiger partial charge in [0.05, 0.1) is 22.9 Å². The number of hydrogen-bond donors (Lipinski definition) is 1. The van der Waals surface area contributed by atoms with Crippen LogP contribution in [-0.2, 0) is 19.6 Å². The molecule has 1 aliphatic heterocycles. The summed E-state index contributed by atoms with van der Waals surface area (Å²) in [5.74, 6) is -2.94. The summed E-state index contributed by atoms with van der Waals surface area (Å²) < 4.78 is 38.4. The number of piperazine rings is 1. The van der Waals surface area contributed by atoms with E-state index in [0.29, 0.717) is 16.4 Å². The first-order valence-corrected chi connectivity index (χ1v) is 6.92. The molecule has 0 saturated carbocycles. The largest absolute Gasteiger partial charge is 0.304 e. The van der Waals surface area contributed by atoms with E-state index in [1.807, 2.05) is 5.32 Å². The van der Waals surface area contributed by atoms with Crippen molar-refractivity contribution in [1.29, 1.82) is 0 Å². The fourth-order valence-corrected chi connectivity index (χ4v) is 3.09. The third-order valence-electron chi connectivity index (χ3n) is 2.67. The SMILES string of the molecule is O=C1CN(S(=O)(=O)c2ccc([N+](=O)[O-])c(F)c2)CC(=O)N1. The molecule has 2 amide bonds. The fraction of sp³-hybridized carbons (Fsp3) is 0.200. The maximum absolute atomic E-state index is 13.5. The second-order valence-corrected chi connectivity index (χ2v) is 6.05. The molecule has 9 nitrogen and oxygen atoms in total. The zero-order valence-electron chi connectivity index (χ0n) is 10.3. The van der Waals surface area contributed by atoms with Crippen LogP contribution in [0.2, 0.25) is 0 Å². The number of nitro benzene ring substituents is 1. The Bertz CT molecular complexity index is 731. The number of nitrogens with one attached hydrogen (secondary N) is 1. The van der Waals surface area contributed by atoms with E-state index in [-0.39, 0.29) is 0 Å². The normalized spacial score (nSPS) is 16.6. The summed E-state index contributed by atoms with van der Waals surface area (Å²) >= 11 is 0. The van der Waals surface area contributed by atoms with E-state index < -0.39 is 56.3 Å². The van der Waals surface area contributed by atoms with Crippen molar-refractivity contribution in [2.45, 2.75) is 4.90 Å². The van der Waals surface area contributed by atoms with Gasteiger partial charge in [-0.25, -0.2) is 8.42 Å². The number of sulfonamides is 1. The first-order chi connectivity index (χ1) is 9.71. The van der Waals surface area contributed by atoms with Crippen LogP contribution in [0.3, 0.4) is 0 Å². The number of imide groups is 1. The number of nitro groups is 1. The molecule has 1 heterocycles. The summed E-state index contributed by atoms with van der Waals surface area (Å²) in [7, 11) is -4.30. The van der Waals surface area contributed by atoms with E-state index in [4.69, 9.17) is 0 Å². The Balaban J connectivity index is 2.40. The second-order valence-electron chi connectivity index (χ2n) is 4.11. The summed E-state index contributed by atoms with van der Waals surface area (Å²) in [6, 6.07) is 2.02. The molecule has 0 spiro atoms. The van der Waals surface area contributed by atoms with Crippen molar-refractivity contribution in [3.05, 3.63) is 34.1 Å². The predicted octanol–water partition coefficient (Wildman–Crippen LogP) is -0.619. The number of rotatable bonds is 3. The minimum atomic E-state index is -4.30. The van der Waals surface area contributed by atoms with Crippen LogP contribution in [0.1, 0.15) is 0 Å². The Morgan fingerprint density at radius 2 is 1.81 bits per heavy atom. The number of benzene rings is 1. The predicted molar refractivity (Wildman–Crippen MR) is 65.0 cm³/mol. The van der Waals surface area contributed by atoms with Crippen molar-refractivity contribution in [3.8, 4) is 0 Å². The second kappa shape index (κ2) is 5.18. The third kappa shape index (κ3) is 2.87. The summed E-state index contributed by atoms with van der Waals surface area (Å²) in [5.41, 5.74) is -0.874. The van der Waals surface area contributed by atoms with Gasteiger partial charge < -0.3 is 0 Å². The van der Waals surface area contributed by atoms with Gasteiger partial charge in [0, 0.05) is 12.1 Å². The average molecular weight is 317 g/mol. The van der Waals surface area contributed by atoms with E-state index in [1.165, 1.54) is 0 Å². The van der Waals surface area contributed by atoms with Crippen molar-refractivity contribution in [2.24, 2.45) is 0 Å². The number of amides is 2. The van der Waals surface area contributed by atoms with Crippen LogP contribution in [0.15, 0.2) is 23.1 Å². The summed E-state index contributed by atoms with van der Waals surface area (Å²) in [6.45, 7) is -1.18. The number of halogens is 1. The first kappa shape index (κ1) is 15.0. The smallest absolute Gasteiger partial charge is 0.294 e. The van der Waals surface area contributed by atoms with E-state index in [2.05, 4.69) is 0 Å². The molecule has 0 unspecified atom stereocenters. The number of nitrogens with zero attached hydrogens (tertiary/aromatic N) is 2. The van der Waals surface area contributed by atoms with Crippen molar-refractivity contribution in [3.63, 3.8) is 0 Å². The Morgan fingerprint density at radius 1 is 1.24 bits per heavy atom. The van der Waals surface area contributed by atoms with Crippen LogP contribution in [0.4, 0.5) is 10.1 Å². The third-order valence-corrected chi connectivity index (χ3v) is 4.46. The summed E-state index contributed by atoms with van der Waals surface area (Å²) in [6.07, 6.45) is 0. The molecule has 2 rings (SSSR count). The molecule has 0 bridgehead atoms. The lowest BCUT2D eigenvalue weighted by atomic mass is 10.3. The molecule has 1 aromatic carbocycles. The molecule has 0 radical (unpaired) electrons. The standard InChI is InChI=1S/C10H8FN3O6S/c11-7-3-6(1-2-8(7)14(17)18)21(19,20)13-4-9(15)12-10(16)5-13/h1-3H,4-5H2,(H,12,15,16). The molecule has 112 valence electrons. The summed E-state index contributed by atoms with van der Waals surface area (Å²) in [5, 5.41) is 12.4. The maximum atomic E-state index is 13.5. The Hall–Kier alpha value is -2.40. The van der Waals surface area contributed by atoms with Gasteiger partial charge in [-0.3, -0.25) is 25.0 Å². The van der Waals surface area contributed by atoms with Gasteiger partial charge in [0.15, 0.2) is 0 Å². The minimum Gasteiger partial charge on any atom is -0.294 e. The van der Waals surface area contributed by atoms with Crippen LogP contribution in [0.25, 0.3) is 0 Å².